The third-order valence-electron chi connectivity index (χ3n) is 2.57. The molecule has 0 fully saturated rings. The zero-order valence-corrected chi connectivity index (χ0v) is 12.9. The molecule has 2 aromatic carbocycles. The van der Waals surface area contributed by atoms with Gasteiger partial charge in [-0.1, -0.05) is 24.3 Å². The molecule has 2 aromatic rings. The Labute approximate surface area is 128 Å². The van der Waals surface area contributed by atoms with Crippen molar-refractivity contribution >= 4 is 44.0 Å². The van der Waals surface area contributed by atoms with Gasteiger partial charge in [-0.2, -0.15) is 0 Å². The molecule has 20 heavy (non-hydrogen) atoms. The predicted molar refractivity (Wildman–Crippen MR) is 84.9 cm³/mol. The number of benzene rings is 2. The summed E-state index contributed by atoms with van der Waals surface area (Å²) in [7, 11) is -1.46. The second-order valence-corrected chi connectivity index (χ2v) is 6.33. The summed E-state index contributed by atoms with van der Waals surface area (Å²) in [6.07, 6.45) is 0. The predicted octanol–water partition coefficient (Wildman–Crippen LogP) is 2.78. The second-order valence-electron chi connectivity index (χ2n) is 4.06. The molecule has 0 saturated carbocycles. The number of hydrogen-bond acceptors (Lipinski definition) is 3. The Morgan fingerprint density at radius 2 is 1.80 bits per heavy atom. The van der Waals surface area contributed by atoms with Crippen LogP contribution in [0.15, 0.2) is 57.9 Å². The van der Waals surface area contributed by atoms with Crippen molar-refractivity contribution in [2.75, 3.05) is 16.8 Å². The fourth-order valence-electron chi connectivity index (χ4n) is 1.63. The monoisotopic (exact) mass is 352 g/mol. The Bertz CT molecular complexity index is 661. The number of halogens is 1. The first-order valence-electron chi connectivity index (χ1n) is 5.85. The summed E-state index contributed by atoms with van der Waals surface area (Å²) in [5.74, 6) is -0.450. The summed E-state index contributed by atoms with van der Waals surface area (Å²) in [5, 5.41) is 2.71. The highest BCUT2D eigenvalue weighted by Gasteiger charge is 2.13. The van der Waals surface area contributed by atoms with Gasteiger partial charge < -0.3 is 11.1 Å². The van der Waals surface area contributed by atoms with Gasteiger partial charge in [0.05, 0.1) is 21.4 Å². The molecular formula is C14H13BrN2O2S. The summed E-state index contributed by atoms with van der Waals surface area (Å²) >= 11 is 3.34. The van der Waals surface area contributed by atoms with Crippen LogP contribution in [0, 0.1) is 0 Å². The van der Waals surface area contributed by atoms with Crippen LogP contribution < -0.4 is 11.1 Å². The van der Waals surface area contributed by atoms with E-state index < -0.39 is 10.8 Å². The van der Waals surface area contributed by atoms with Crippen molar-refractivity contribution in [1.82, 2.24) is 0 Å². The minimum absolute atomic E-state index is 0.129. The highest BCUT2D eigenvalue weighted by Crippen LogP contribution is 2.21. The Kier molecular flexibility index (Phi) is 4.92. The van der Waals surface area contributed by atoms with Gasteiger partial charge in [-0.05, 0) is 40.2 Å². The lowest BCUT2D eigenvalue weighted by molar-refractivity contribution is -0.113. The van der Waals surface area contributed by atoms with Crippen LogP contribution >= 0.6 is 15.9 Å². The van der Waals surface area contributed by atoms with Crippen molar-refractivity contribution in [2.24, 2.45) is 0 Å². The standard InChI is InChI=1S/C14H13BrN2O2S/c15-10-5-1-3-7-12(10)17-14(18)9-20(19)13-8-4-2-6-11(13)16/h1-8H,9,16H2,(H,17,18). The van der Waals surface area contributed by atoms with Crippen LogP contribution in [0.2, 0.25) is 0 Å². The van der Waals surface area contributed by atoms with Crippen molar-refractivity contribution in [2.45, 2.75) is 4.90 Å². The van der Waals surface area contributed by atoms with Crippen LogP contribution in [-0.4, -0.2) is 15.9 Å². The molecule has 3 N–H and O–H groups in total. The number of nitrogens with one attached hydrogen (secondary N) is 1. The third-order valence-corrected chi connectivity index (χ3v) is 4.65. The molecule has 4 nitrogen and oxygen atoms in total. The third kappa shape index (κ3) is 3.68. The van der Waals surface area contributed by atoms with E-state index in [1.165, 1.54) is 0 Å². The zero-order chi connectivity index (χ0) is 14.5. The van der Waals surface area contributed by atoms with Gasteiger partial charge in [-0.25, -0.2) is 0 Å². The maximum atomic E-state index is 12.1. The molecule has 0 radical (unpaired) electrons. The number of nitrogens with two attached hydrogens (primary N) is 1. The zero-order valence-electron chi connectivity index (χ0n) is 10.5. The number of rotatable bonds is 4. The minimum atomic E-state index is -1.46. The fourth-order valence-corrected chi connectivity index (χ4v) is 3.04. The van der Waals surface area contributed by atoms with Crippen LogP contribution in [0.5, 0.6) is 0 Å². The lowest BCUT2D eigenvalue weighted by atomic mass is 10.3. The van der Waals surface area contributed by atoms with Crippen LogP contribution in [0.3, 0.4) is 0 Å². The Morgan fingerprint density at radius 1 is 1.15 bits per heavy atom. The minimum Gasteiger partial charge on any atom is -0.398 e. The van der Waals surface area contributed by atoms with Gasteiger partial charge in [-0.15, -0.1) is 0 Å². The average Bonchev–Trinajstić information content (AvgIpc) is 2.41. The van der Waals surface area contributed by atoms with E-state index in [-0.39, 0.29) is 11.7 Å². The molecule has 0 aliphatic heterocycles. The van der Waals surface area contributed by atoms with Gasteiger partial charge in [0.25, 0.3) is 0 Å². The van der Waals surface area contributed by atoms with E-state index in [1.54, 1.807) is 30.3 Å². The highest BCUT2D eigenvalue weighted by molar-refractivity contribution is 9.10. The topological polar surface area (TPSA) is 72.2 Å². The molecule has 0 aromatic heterocycles. The molecule has 2 rings (SSSR count). The summed E-state index contributed by atoms with van der Waals surface area (Å²) in [6, 6.07) is 14.1. The van der Waals surface area contributed by atoms with E-state index in [2.05, 4.69) is 21.2 Å². The van der Waals surface area contributed by atoms with Gasteiger partial charge in [0.15, 0.2) is 0 Å². The van der Waals surface area contributed by atoms with Crippen LogP contribution in [0.25, 0.3) is 0 Å². The summed E-state index contributed by atoms with van der Waals surface area (Å²) in [4.78, 5) is 12.4. The molecule has 104 valence electrons. The largest absolute Gasteiger partial charge is 0.398 e. The number of nitrogen functional groups attached to an aromatic ring is 1. The Balaban J connectivity index is 2.04. The van der Waals surface area contributed by atoms with Crippen molar-refractivity contribution < 1.29 is 9.00 Å². The fraction of sp³-hybridized carbons (Fsp3) is 0.0714. The molecule has 0 heterocycles. The SMILES string of the molecule is Nc1ccccc1S(=O)CC(=O)Nc1ccccc1Br. The van der Waals surface area contributed by atoms with E-state index in [4.69, 9.17) is 5.73 Å². The Hall–Kier alpha value is -1.66. The number of hydrogen-bond donors (Lipinski definition) is 2. The first kappa shape index (κ1) is 14.7. The molecule has 1 unspecified atom stereocenters. The molecule has 0 saturated heterocycles. The molecule has 0 spiro atoms. The second kappa shape index (κ2) is 6.67. The maximum absolute atomic E-state index is 12.1. The van der Waals surface area contributed by atoms with E-state index in [0.717, 1.165) is 4.47 Å². The summed E-state index contributed by atoms with van der Waals surface area (Å²) < 4.78 is 12.9. The molecule has 0 aliphatic rings. The van der Waals surface area contributed by atoms with Crippen molar-refractivity contribution in [3.63, 3.8) is 0 Å². The number of carbonyl (C=O) groups is 1. The quantitative estimate of drug-likeness (QED) is 0.831. The highest BCUT2D eigenvalue weighted by atomic mass is 79.9. The van der Waals surface area contributed by atoms with Crippen LogP contribution in [0.1, 0.15) is 0 Å². The number of anilines is 2. The molecular weight excluding hydrogens is 340 g/mol. The van der Waals surface area contributed by atoms with Gasteiger partial charge in [-0.3, -0.25) is 9.00 Å². The number of carbonyl (C=O) groups excluding carboxylic acids is 1. The normalized spacial score (nSPS) is 11.8. The molecule has 6 heteroatoms. The van der Waals surface area contributed by atoms with Crippen molar-refractivity contribution in [1.29, 1.82) is 0 Å². The first-order valence-corrected chi connectivity index (χ1v) is 7.96. The van der Waals surface area contributed by atoms with Gasteiger partial charge in [0.2, 0.25) is 5.91 Å². The molecule has 1 atom stereocenters. The van der Waals surface area contributed by atoms with Crippen LogP contribution in [0.4, 0.5) is 11.4 Å². The Morgan fingerprint density at radius 3 is 2.50 bits per heavy atom. The van der Waals surface area contributed by atoms with Gasteiger partial charge in [0.1, 0.15) is 5.75 Å². The molecule has 0 bridgehead atoms. The molecule has 0 aliphatic carbocycles. The van der Waals surface area contributed by atoms with Crippen LogP contribution in [-0.2, 0) is 15.6 Å². The van der Waals surface area contributed by atoms with E-state index in [0.29, 0.717) is 16.3 Å². The average molecular weight is 353 g/mol. The van der Waals surface area contributed by atoms with E-state index >= 15 is 0 Å². The number of para-hydroxylation sites is 2. The van der Waals surface area contributed by atoms with Crippen molar-refractivity contribution in [3.8, 4) is 0 Å². The summed E-state index contributed by atoms with van der Waals surface area (Å²) in [5.41, 5.74) is 6.82. The maximum Gasteiger partial charge on any atom is 0.237 e. The lowest BCUT2D eigenvalue weighted by Crippen LogP contribution is -2.20. The van der Waals surface area contributed by atoms with E-state index in [9.17, 15) is 9.00 Å². The summed E-state index contributed by atoms with van der Waals surface area (Å²) in [6.45, 7) is 0. The van der Waals surface area contributed by atoms with E-state index in [1.807, 2.05) is 18.2 Å². The molecule has 1 amide bonds. The smallest absolute Gasteiger partial charge is 0.237 e. The van der Waals surface area contributed by atoms with Gasteiger partial charge in [0, 0.05) is 10.2 Å². The van der Waals surface area contributed by atoms with Crippen molar-refractivity contribution in [3.05, 3.63) is 53.0 Å². The first-order chi connectivity index (χ1) is 9.58. The lowest BCUT2D eigenvalue weighted by Gasteiger charge is -2.08. The number of amides is 1. The van der Waals surface area contributed by atoms with Gasteiger partial charge >= 0.3 is 0 Å².